The number of nitrogens with zero attached hydrogens (tertiary/aromatic N) is 1. The number of fused-ring (bicyclic) bond motifs is 1. The van der Waals surface area contributed by atoms with E-state index in [4.69, 9.17) is 14.2 Å². The van der Waals surface area contributed by atoms with Crippen molar-refractivity contribution in [3.63, 3.8) is 0 Å². The molecule has 1 aliphatic heterocycles. The fourth-order valence-electron chi connectivity index (χ4n) is 3.71. The normalized spacial score (nSPS) is 12.3. The fourth-order valence-corrected chi connectivity index (χ4v) is 6.30. The van der Waals surface area contributed by atoms with Gasteiger partial charge in [-0.1, -0.05) is 12.1 Å². The molecule has 3 aromatic rings. The molecular formula is C25H23FINO5. The second-order valence-corrected chi connectivity index (χ2v) is 10.0. The predicted octanol–water partition coefficient (Wildman–Crippen LogP) is -2.32. The lowest BCUT2D eigenvalue weighted by Crippen LogP contribution is -3.61. The van der Waals surface area contributed by atoms with E-state index in [0.29, 0.717) is 29.0 Å². The van der Waals surface area contributed by atoms with E-state index in [1.54, 1.807) is 45.6 Å². The Bertz CT molecular complexity index is 1130. The van der Waals surface area contributed by atoms with Crippen LogP contribution in [0.4, 0.5) is 0 Å². The molecule has 1 aliphatic rings. The van der Waals surface area contributed by atoms with Gasteiger partial charge in [0.25, 0.3) is 11.8 Å². The molecular weight excluding hydrogens is 540 g/mol. The number of hydrogen-bond acceptors (Lipinski definition) is 5. The molecule has 4 rings (SSSR count). The maximum Gasteiger partial charge on any atom is 0.358 e. The van der Waals surface area contributed by atoms with Crippen LogP contribution in [0.25, 0.3) is 0 Å². The molecule has 6 nitrogen and oxygen atoms in total. The second-order valence-electron chi connectivity index (χ2n) is 7.07. The Balaban J connectivity index is 0.00000306. The summed E-state index contributed by atoms with van der Waals surface area (Å²) in [6.07, 6.45) is 0.483. The van der Waals surface area contributed by atoms with Gasteiger partial charge in [0.2, 0.25) is 3.57 Å². The Hall–Kier alpha value is -3.14. The Kier molecular flexibility index (Phi) is 7.91. The van der Waals surface area contributed by atoms with Gasteiger partial charge in [-0.05, 0) is 55.0 Å². The topological polar surface area (TPSA) is 65.1 Å². The van der Waals surface area contributed by atoms with Gasteiger partial charge in [-0.3, -0.25) is 14.5 Å². The number of ether oxygens (including phenoxy) is 3. The van der Waals surface area contributed by atoms with Gasteiger partial charge in [0.1, 0.15) is 5.75 Å². The van der Waals surface area contributed by atoms with Crippen LogP contribution in [-0.4, -0.2) is 44.6 Å². The lowest BCUT2D eigenvalue weighted by atomic mass is 10.1. The number of carbonyl (C=O) groups is 2. The van der Waals surface area contributed by atoms with E-state index in [1.807, 2.05) is 18.2 Å². The van der Waals surface area contributed by atoms with Gasteiger partial charge in [0, 0.05) is 6.54 Å². The summed E-state index contributed by atoms with van der Waals surface area (Å²) in [6, 6.07) is 18.9. The van der Waals surface area contributed by atoms with E-state index < -0.39 is 21.2 Å². The molecule has 8 heteroatoms. The minimum absolute atomic E-state index is 0. The molecule has 0 saturated carbocycles. The molecule has 1 heterocycles. The summed E-state index contributed by atoms with van der Waals surface area (Å²) in [5, 5.41) is 0. The van der Waals surface area contributed by atoms with Crippen LogP contribution in [0, 0.1) is 7.14 Å². The molecule has 0 unspecified atom stereocenters. The maximum absolute atomic E-state index is 12.8. The highest BCUT2D eigenvalue weighted by Gasteiger charge is 2.35. The maximum atomic E-state index is 12.8. The van der Waals surface area contributed by atoms with E-state index in [2.05, 4.69) is 18.2 Å². The third-order valence-corrected chi connectivity index (χ3v) is 8.25. The highest BCUT2D eigenvalue weighted by Crippen LogP contribution is 2.32. The molecule has 0 aromatic heterocycles. The van der Waals surface area contributed by atoms with E-state index in [-0.39, 0.29) is 23.1 Å². The zero-order valence-corrected chi connectivity index (χ0v) is 20.6. The fraction of sp³-hybridized carbons (Fsp3) is 0.200. The smallest absolute Gasteiger partial charge is 0.358 e. The van der Waals surface area contributed by atoms with Crippen molar-refractivity contribution < 1.29 is 49.7 Å². The first-order chi connectivity index (χ1) is 15.6. The molecule has 33 heavy (non-hydrogen) atoms. The number of benzene rings is 3. The summed E-state index contributed by atoms with van der Waals surface area (Å²) < 4.78 is 18.8. The number of rotatable bonds is 8. The molecule has 0 N–H and O–H groups in total. The number of methoxy groups -OCH3 is 3. The van der Waals surface area contributed by atoms with Crippen molar-refractivity contribution in [1.82, 2.24) is 4.90 Å². The van der Waals surface area contributed by atoms with E-state index in [0.717, 1.165) is 14.9 Å². The Morgan fingerprint density at radius 2 is 1.42 bits per heavy atom. The number of halogens is 2. The van der Waals surface area contributed by atoms with Crippen molar-refractivity contribution in [1.29, 1.82) is 0 Å². The molecule has 0 aliphatic carbocycles. The standard InChI is InChI=1S/C25H23INO5.FH/c1-30-17-10-8-16(9-11-17)26-21-12-13-22(31-2)23(32-3)20(21)14-15-27-24(28)18-6-4-5-7-19(18)25(27)29;/h4-13H,14-15H2,1-3H3;1H/q+1;/p-1. The number of carbonyl (C=O) groups excluding carboxylic acids is 2. The van der Waals surface area contributed by atoms with Crippen molar-refractivity contribution in [2.24, 2.45) is 0 Å². The van der Waals surface area contributed by atoms with Crippen molar-refractivity contribution in [2.45, 2.75) is 6.42 Å². The quantitative estimate of drug-likeness (QED) is 0.228. The highest BCUT2D eigenvalue weighted by atomic mass is 127. The summed E-state index contributed by atoms with van der Waals surface area (Å²) in [6.45, 7) is 0.273. The van der Waals surface area contributed by atoms with Gasteiger partial charge in [0.05, 0.1) is 38.0 Å². The Morgan fingerprint density at radius 1 is 0.788 bits per heavy atom. The third kappa shape index (κ3) is 4.80. The van der Waals surface area contributed by atoms with Gasteiger partial charge in [-0.2, -0.15) is 0 Å². The molecule has 2 amide bonds. The van der Waals surface area contributed by atoms with Gasteiger partial charge >= 0.3 is 21.2 Å². The lowest BCUT2D eigenvalue weighted by molar-refractivity contribution is -0.598. The first-order valence-corrected chi connectivity index (χ1v) is 12.2. The molecule has 0 spiro atoms. The van der Waals surface area contributed by atoms with Gasteiger partial charge in [-0.25, -0.2) is 0 Å². The van der Waals surface area contributed by atoms with E-state index >= 15 is 0 Å². The van der Waals surface area contributed by atoms with Gasteiger partial charge in [-0.15, -0.1) is 0 Å². The largest absolute Gasteiger partial charge is 1.00 e. The minimum Gasteiger partial charge on any atom is -1.00 e. The van der Waals surface area contributed by atoms with Crippen LogP contribution in [0.3, 0.4) is 0 Å². The van der Waals surface area contributed by atoms with Crippen LogP contribution < -0.4 is 40.1 Å². The predicted molar refractivity (Wildman–Crippen MR) is 115 cm³/mol. The summed E-state index contributed by atoms with van der Waals surface area (Å²) in [5.41, 5.74) is 1.88. The zero-order chi connectivity index (χ0) is 22.7. The molecule has 0 fully saturated rings. The molecule has 0 saturated heterocycles. The van der Waals surface area contributed by atoms with Crippen LogP contribution in [0.1, 0.15) is 26.3 Å². The van der Waals surface area contributed by atoms with Gasteiger partial charge < -0.3 is 18.9 Å². The number of amides is 2. The molecule has 0 radical (unpaired) electrons. The summed E-state index contributed by atoms with van der Waals surface area (Å²) in [5.74, 6) is 1.59. The monoisotopic (exact) mass is 563 g/mol. The average molecular weight is 563 g/mol. The van der Waals surface area contributed by atoms with Crippen molar-refractivity contribution in [2.75, 3.05) is 27.9 Å². The SMILES string of the molecule is COc1ccc([I+]c2ccc(OC)c(OC)c2CCN2C(=O)c3ccccc3C2=O)cc1.[F-]. The van der Waals surface area contributed by atoms with Crippen LogP contribution in [0.5, 0.6) is 17.2 Å². The molecule has 0 atom stereocenters. The van der Waals surface area contributed by atoms with Crippen LogP contribution in [-0.2, 0) is 6.42 Å². The number of hydrogen-bond donors (Lipinski definition) is 0. The van der Waals surface area contributed by atoms with Crippen molar-refractivity contribution in [3.8, 4) is 17.2 Å². The van der Waals surface area contributed by atoms with E-state index in [1.165, 1.54) is 8.47 Å². The molecule has 172 valence electrons. The van der Waals surface area contributed by atoms with Crippen molar-refractivity contribution in [3.05, 3.63) is 84.5 Å². The summed E-state index contributed by atoms with van der Waals surface area (Å²) in [7, 11) is 4.86. The van der Waals surface area contributed by atoms with E-state index in [9.17, 15) is 9.59 Å². The number of imide groups is 1. The average Bonchev–Trinajstić information content (AvgIpc) is 3.08. The second kappa shape index (κ2) is 10.7. The first kappa shape index (κ1) is 24.5. The third-order valence-electron chi connectivity index (χ3n) is 5.32. The Morgan fingerprint density at radius 3 is 1.97 bits per heavy atom. The van der Waals surface area contributed by atoms with Crippen LogP contribution in [0.2, 0.25) is 0 Å². The van der Waals surface area contributed by atoms with Crippen molar-refractivity contribution >= 4 is 11.8 Å². The highest BCUT2D eigenvalue weighted by molar-refractivity contribution is 6.21. The summed E-state index contributed by atoms with van der Waals surface area (Å²) in [4.78, 5) is 26.9. The van der Waals surface area contributed by atoms with Gasteiger partial charge in [0.15, 0.2) is 15.1 Å². The van der Waals surface area contributed by atoms with Crippen LogP contribution in [0.15, 0.2) is 60.7 Å². The molecule has 0 bridgehead atoms. The lowest BCUT2D eigenvalue weighted by Gasteiger charge is -2.16. The summed E-state index contributed by atoms with van der Waals surface area (Å²) >= 11 is -0.527. The zero-order valence-electron chi connectivity index (χ0n) is 18.4. The minimum atomic E-state index is -0.527. The first-order valence-electron chi connectivity index (χ1n) is 10.0. The molecule has 3 aromatic carbocycles. The van der Waals surface area contributed by atoms with Crippen LogP contribution >= 0.6 is 0 Å². The Labute approximate surface area is 202 Å².